The van der Waals surface area contributed by atoms with Crippen molar-refractivity contribution in [2.24, 2.45) is 0 Å². The Morgan fingerprint density at radius 1 is 0.525 bits per heavy atom. The number of ether oxygens (including phenoxy) is 2. The van der Waals surface area contributed by atoms with Crippen LogP contribution < -0.4 is 20.9 Å². The van der Waals surface area contributed by atoms with Crippen molar-refractivity contribution in [2.45, 2.75) is 11.8 Å². The lowest BCUT2D eigenvalue weighted by Gasteiger charge is -2.34. The predicted octanol–water partition coefficient (Wildman–Crippen LogP) is 8.90. The normalized spacial score (nSPS) is 16.0. The summed E-state index contributed by atoms with van der Waals surface area (Å²) in [6.45, 7) is 0. The molecule has 1 atom stereocenters. The van der Waals surface area contributed by atoms with Crippen LogP contribution in [-0.4, -0.2) is 0 Å². The van der Waals surface area contributed by atoms with E-state index in [4.69, 9.17) is 20.9 Å². The zero-order valence-corrected chi connectivity index (χ0v) is 22.0. The number of allylic oxidation sites excluding steroid dienone is 4. The van der Waals surface area contributed by atoms with Gasteiger partial charge in [-0.2, -0.15) is 0 Å². The highest BCUT2D eigenvalue weighted by Crippen LogP contribution is 2.46. The van der Waals surface area contributed by atoms with E-state index in [0.717, 1.165) is 34.6 Å². The lowest BCUT2D eigenvalue weighted by molar-refractivity contribution is 0.465. The molecule has 0 amide bonds. The summed E-state index contributed by atoms with van der Waals surface area (Å²) in [7, 11) is 0. The van der Waals surface area contributed by atoms with Crippen molar-refractivity contribution in [3.63, 3.8) is 0 Å². The molecular formula is C36H30N2O2. The lowest BCUT2D eigenvalue weighted by Crippen LogP contribution is -2.26. The van der Waals surface area contributed by atoms with Crippen LogP contribution in [-0.2, 0) is 5.41 Å². The van der Waals surface area contributed by atoms with E-state index in [9.17, 15) is 0 Å². The van der Waals surface area contributed by atoms with Crippen LogP contribution >= 0.6 is 0 Å². The van der Waals surface area contributed by atoms with Crippen LogP contribution in [0.1, 0.15) is 17.5 Å². The van der Waals surface area contributed by atoms with Gasteiger partial charge in [0.15, 0.2) is 0 Å². The fourth-order valence-corrected chi connectivity index (χ4v) is 5.24. The molecule has 0 spiro atoms. The second kappa shape index (κ2) is 10.9. The molecule has 1 aliphatic carbocycles. The SMILES string of the molecule is Nc1ccccc1Oc1ccccc1-c1ccc(C2(c3ccccc3Oc3ccccc3N)C=CC=CC2)cc1. The second-order valence-electron chi connectivity index (χ2n) is 9.81. The van der Waals surface area contributed by atoms with Crippen molar-refractivity contribution >= 4 is 11.4 Å². The summed E-state index contributed by atoms with van der Waals surface area (Å²) in [5.41, 5.74) is 17.5. The molecule has 0 aromatic heterocycles. The molecule has 5 aromatic rings. The molecule has 196 valence electrons. The fraction of sp³-hybridized carbons (Fsp3) is 0.0556. The Bertz CT molecular complexity index is 1700. The molecule has 0 aliphatic heterocycles. The van der Waals surface area contributed by atoms with Gasteiger partial charge in [0.25, 0.3) is 0 Å². The van der Waals surface area contributed by atoms with Crippen molar-refractivity contribution in [1.82, 2.24) is 0 Å². The minimum absolute atomic E-state index is 0.401. The maximum atomic E-state index is 6.41. The van der Waals surface area contributed by atoms with Gasteiger partial charge in [-0.3, -0.25) is 0 Å². The first-order valence-corrected chi connectivity index (χ1v) is 13.3. The van der Waals surface area contributed by atoms with Crippen molar-refractivity contribution in [3.8, 4) is 34.1 Å². The largest absolute Gasteiger partial charge is 0.455 e. The van der Waals surface area contributed by atoms with E-state index in [-0.39, 0.29) is 0 Å². The quantitative estimate of drug-likeness (QED) is 0.209. The standard InChI is InChI=1S/C36H30N2O2/c37-30-14-4-8-18-34(30)39-32-16-6-2-12-28(32)26-20-22-27(23-21-26)36(24-10-1-11-25-36)29-13-3-7-17-33(29)40-35-19-9-5-15-31(35)38/h1-24H,25,37-38H2. The van der Waals surface area contributed by atoms with E-state index in [1.165, 1.54) is 5.56 Å². The van der Waals surface area contributed by atoms with Crippen LogP contribution in [0.4, 0.5) is 11.4 Å². The van der Waals surface area contributed by atoms with Crippen LogP contribution in [0, 0.1) is 0 Å². The highest BCUT2D eigenvalue weighted by Gasteiger charge is 2.34. The Balaban J connectivity index is 1.38. The Morgan fingerprint density at radius 3 is 1.70 bits per heavy atom. The first-order valence-electron chi connectivity index (χ1n) is 13.3. The van der Waals surface area contributed by atoms with Crippen LogP contribution in [0.25, 0.3) is 11.1 Å². The molecule has 0 fully saturated rings. The second-order valence-corrected chi connectivity index (χ2v) is 9.81. The summed E-state index contributed by atoms with van der Waals surface area (Å²) in [6.07, 6.45) is 9.47. The molecule has 0 saturated carbocycles. The third kappa shape index (κ3) is 4.83. The summed E-state index contributed by atoms with van der Waals surface area (Å²) in [5, 5.41) is 0. The molecule has 1 unspecified atom stereocenters. The van der Waals surface area contributed by atoms with Gasteiger partial charge in [0, 0.05) is 16.5 Å². The summed E-state index contributed by atoms with van der Waals surface area (Å²) in [4.78, 5) is 0. The van der Waals surface area contributed by atoms with E-state index in [2.05, 4.69) is 66.8 Å². The summed E-state index contributed by atoms with van der Waals surface area (Å²) in [6, 6.07) is 40.0. The van der Waals surface area contributed by atoms with E-state index in [0.29, 0.717) is 22.9 Å². The molecule has 0 radical (unpaired) electrons. The van der Waals surface area contributed by atoms with Crippen LogP contribution in [0.3, 0.4) is 0 Å². The lowest BCUT2D eigenvalue weighted by atomic mass is 9.70. The van der Waals surface area contributed by atoms with Crippen LogP contribution in [0.2, 0.25) is 0 Å². The van der Waals surface area contributed by atoms with Crippen molar-refractivity contribution in [3.05, 3.63) is 157 Å². The van der Waals surface area contributed by atoms with Gasteiger partial charge in [0.05, 0.1) is 11.4 Å². The molecule has 4 heteroatoms. The van der Waals surface area contributed by atoms with Crippen molar-refractivity contribution in [1.29, 1.82) is 0 Å². The highest BCUT2D eigenvalue weighted by atomic mass is 16.5. The molecule has 40 heavy (non-hydrogen) atoms. The average Bonchev–Trinajstić information content (AvgIpc) is 3.00. The maximum absolute atomic E-state index is 6.41. The van der Waals surface area contributed by atoms with Gasteiger partial charge in [0.2, 0.25) is 0 Å². The predicted molar refractivity (Wildman–Crippen MR) is 164 cm³/mol. The molecule has 6 rings (SSSR count). The minimum Gasteiger partial charge on any atom is -0.455 e. The zero-order valence-electron chi connectivity index (χ0n) is 22.0. The van der Waals surface area contributed by atoms with Crippen LogP contribution in [0.15, 0.2) is 146 Å². The van der Waals surface area contributed by atoms with E-state index in [1.54, 1.807) is 0 Å². The molecular weight excluding hydrogens is 492 g/mol. The third-order valence-corrected chi connectivity index (χ3v) is 7.31. The van der Waals surface area contributed by atoms with Gasteiger partial charge >= 0.3 is 0 Å². The molecule has 4 nitrogen and oxygen atoms in total. The number of hydrogen-bond acceptors (Lipinski definition) is 4. The molecule has 0 bridgehead atoms. The number of benzene rings is 5. The smallest absolute Gasteiger partial charge is 0.150 e. The topological polar surface area (TPSA) is 70.5 Å². The van der Waals surface area contributed by atoms with Crippen LogP contribution in [0.5, 0.6) is 23.0 Å². The van der Waals surface area contributed by atoms with E-state index < -0.39 is 5.41 Å². The van der Waals surface area contributed by atoms with Gasteiger partial charge < -0.3 is 20.9 Å². The Hall–Kier alpha value is -5.22. The Kier molecular flexibility index (Phi) is 6.82. The Morgan fingerprint density at radius 2 is 1.07 bits per heavy atom. The fourth-order valence-electron chi connectivity index (χ4n) is 5.24. The first-order chi connectivity index (χ1) is 19.6. The zero-order chi connectivity index (χ0) is 27.4. The number of rotatable bonds is 7. The number of para-hydroxylation sites is 6. The number of anilines is 2. The van der Waals surface area contributed by atoms with E-state index >= 15 is 0 Å². The third-order valence-electron chi connectivity index (χ3n) is 7.31. The monoisotopic (exact) mass is 522 g/mol. The van der Waals surface area contributed by atoms with Gasteiger partial charge in [-0.25, -0.2) is 0 Å². The molecule has 0 heterocycles. The molecule has 1 aliphatic rings. The average molecular weight is 523 g/mol. The molecule has 0 saturated heterocycles. The van der Waals surface area contributed by atoms with Gasteiger partial charge in [-0.15, -0.1) is 0 Å². The molecule has 5 aromatic carbocycles. The molecule has 4 N–H and O–H groups in total. The summed E-state index contributed by atoms with van der Waals surface area (Å²) in [5.74, 6) is 2.82. The summed E-state index contributed by atoms with van der Waals surface area (Å²) < 4.78 is 12.6. The number of nitrogens with two attached hydrogens (primary N) is 2. The highest BCUT2D eigenvalue weighted by molar-refractivity contribution is 5.72. The van der Waals surface area contributed by atoms with E-state index in [1.807, 2.05) is 78.9 Å². The maximum Gasteiger partial charge on any atom is 0.150 e. The number of nitrogen functional groups attached to an aromatic ring is 2. The van der Waals surface area contributed by atoms with Crippen molar-refractivity contribution < 1.29 is 9.47 Å². The van der Waals surface area contributed by atoms with Crippen molar-refractivity contribution in [2.75, 3.05) is 11.5 Å². The van der Waals surface area contributed by atoms with Gasteiger partial charge in [-0.05, 0) is 53.9 Å². The summed E-state index contributed by atoms with van der Waals surface area (Å²) >= 11 is 0. The van der Waals surface area contributed by atoms with Gasteiger partial charge in [0.1, 0.15) is 23.0 Å². The number of hydrogen-bond donors (Lipinski definition) is 2. The first kappa shape index (κ1) is 25.1. The minimum atomic E-state index is -0.401. The van der Waals surface area contributed by atoms with Gasteiger partial charge in [-0.1, -0.05) is 109 Å². The Labute approximate surface area is 234 Å².